The lowest BCUT2D eigenvalue weighted by atomic mass is 10.0. The Kier molecular flexibility index (Phi) is 8.75. The van der Waals surface area contributed by atoms with Crippen molar-refractivity contribution in [3.63, 3.8) is 0 Å². The molecular weight excluding hydrogens is 240 g/mol. The van der Waals surface area contributed by atoms with Gasteiger partial charge in [0.15, 0.2) is 0 Å². The number of aliphatic carboxylic acids is 3. The van der Waals surface area contributed by atoms with Crippen molar-refractivity contribution in [3.05, 3.63) is 36.5 Å². The molecule has 18 heavy (non-hydrogen) atoms. The highest BCUT2D eigenvalue weighted by Gasteiger charge is 2.10. The lowest BCUT2D eigenvalue weighted by molar-refractivity contribution is -0.133. The number of rotatable bonds is 5. The van der Waals surface area contributed by atoms with Gasteiger partial charge in [0.05, 0.1) is 0 Å². The average molecular weight is 256 g/mol. The SMILES string of the molecule is C=C(C(=O)O)C(C)C=CC(=O)O.C=C(C)C(=O)O. The third-order valence-corrected chi connectivity index (χ3v) is 1.72. The van der Waals surface area contributed by atoms with Crippen molar-refractivity contribution in [2.75, 3.05) is 0 Å². The van der Waals surface area contributed by atoms with Gasteiger partial charge in [-0.1, -0.05) is 26.2 Å². The zero-order chi connectivity index (χ0) is 14.9. The van der Waals surface area contributed by atoms with E-state index in [1.807, 2.05) is 0 Å². The first kappa shape index (κ1) is 18.0. The highest BCUT2D eigenvalue weighted by molar-refractivity contribution is 5.87. The first-order chi connectivity index (χ1) is 8.09. The normalized spacial score (nSPS) is 11.0. The van der Waals surface area contributed by atoms with Crippen LogP contribution in [-0.4, -0.2) is 33.2 Å². The van der Waals surface area contributed by atoms with Gasteiger partial charge in [-0.2, -0.15) is 0 Å². The summed E-state index contributed by atoms with van der Waals surface area (Å²) < 4.78 is 0. The summed E-state index contributed by atoms with van der Waals surface area (Å²) in [6, 6.07) is 0. The van der Waals surface area contributed by atoms with E-state index in [-0.39, 0.29) is 11.1 Å². The Bertz CT molecular complexity index is 379. The van der Waals surface area contributed by atoms with Crippen LogP contribution in [0.5, 0.6) is 0 Å². The molecule has 0 saturated heterocycles. The van der Waals surface area contributed by atoms with Crippen LogP contribution in [0.25, 0.3) is 0 Å². The van der Waals surface area contributed by atoms with Gasteiger partial charge in [0, 0.05) is 23.1 Å². The number of hydrogen-bond donors (Lipinski definition) is 3. The summed E-state index contributed by atoms with van der Waals surface area (Å²) in [6.07, 6.45) is 2.18. The van der Waals surface area contributed by atoms with Gasteiger partial charge < -0.3 is 15.3 Å². The topological polar surface area (TPSA) is 112 Å². The van der Waals surface area contributed by atoms with Crippen LogP contribution >= 0.6 is 0 Å². The Morgan fingerprint density at radius 2 is 1.44 bits per heavy atom. The summed E-state index contributed by atoms with van der Waals surface area (Å²) in [5.41, 5.74) is 0.155. The van der Waals surface area contributed by atoms with E-state index in [2.05, 4.69) is 13.2 Å². The van der Waals surface area contributed by atoms with Gasteiger partial charge >= 0.3 is 17.9 Å². The Morgan fingerprint density at radius 1 is 1.06 bits per heavy atom. The monoisotopic (exact) mass is 256 g/mol. The van der Waals surface area contributed by atoms with E-state index in [0.29, 0.717) is 0 Å². The second kappa shape index (κ2) is 8.74. The quantitative estimate of drug-likeness (QED) is 0.643. The van der Waals surface area contributed by atoms with Crippen LogP contribution in [0, 0.1) is 5.92 Å². The van der Waals surface area contributed by atoms with E-state index in [1.54, 1.807) is 6.92 Å². The molecule has 1 atom stereocenters. The molecule has 0 aromatic rings. The van der Waals surface area contributed by atoms with E-state index >= 15 is 0 Å². The minimum Gasteiger partial charge on any atom is -0.478 e. The second-order valence-electron chi connectivity index (χ2n) is 3.40. The fourth-order valence-electron chi connectivity index (χ4n) is 0.538. The fourth-order valence-corrected chi connectivity index (χ4v) is 0.538. The first-order valence-corrected chi connectivity index (χ1v) is 4.81. The number of carboxylic acids is 3. The molecule has 0 aliphatic heterocycles. The molecule has 0 rings (SSSR count). The molecule has 0 aliphatic rings. The summed E-state index contributed by atoms with van der Waals surface area (Å²) in [5.74, 6) is -3.61. The molecule has 3 N–H and O–H groups in total. The van der Waals surface area contributed by atoms with Gasteiger partial charge in [0.25, 0.3) is 0 Å². The van der Waals surface area contributed by atoms with Crippen LogP contribution in [0.2, 0.25) is 0 Å². The Morgan fingerprint density at radius 3 is 1.67 bits per heavy atom. The van der Waals surface area contributed by atoms with Crippen LogP contribution in [0.1, 0.15) is 13.8 Å². The van der Waals surface area contributed by atoms with Crippen molar-refractivity contribution >= 4 is 17.9 Å². The largest absolute Gasteiger partial charge is 0.478 e. The van der Waals surface area contributed by atoms with Gasteiger partial charge in [0.1, 0.15) is 0 Å². The standard InChI is InChI=1S/C8H10O4.C4H6O2/c1-5(3-4-7(9)10)6(2)8(11)12;1-3(2)4(5)6/h3-5H,2H2,1H3,(H,9,10)(H,11,12);1H2,2H3,(H,5,6). The molecule has 0 saturated carbocycles. The molecule has 0 radical (unpaired) electrons. The smallest absolute Gasteiger partial charge is 0.331 e. The molecule has 0 aromatic carbocycles. The van der Waals surface area contributed by atoms with Gasteiger partial charge in [-0.25, -0.2) is 14.4 Å². The number of carboxylic acid groups (broad SMARTS) is 3. The molecular formula is C12H16O6. The van der Waals surface area contributed by atoms with Crippen molar-refractivity contribution < 1.29 is 29.7 Å². The van der Waals surface area contributed by atoms with Gasteiger partial charge in [-0.05, 0) is 6.92 Å². The maximum atomic E-state index is 10.3. The van der Waals surface area contributed by atoms with Crippen molar-refractivity contribution in [2.24, 2.45) is 5.92 Å². The van der Waals surface area contributed by atoms with Crippen LogP contribution in [0.15, 0.2) is 36.5 Å². The van der Waals surface area contributed by atoms with Crippen molar-refractivity contribution in [1.29, 1.82) is 0 Å². The summed E-state index contributed by atoms with van der Waals surface area (Å²) in [7, 11) is 0. The molecule has 0 aromatic heterocycles. The minimum absolute atomic E-state index is 0.0208. The van der Waals surface area contributed by atoms with Crippen LogP contribution < -0.4 is 0 Å². The van der Waals surface area contributed by atoms with Crippen molar-refractivity contribution in [3.8, 4) is 0 Å². The molecule has 0 amide bonds. The molecule has 100 valence electrons. The predicted octanol–water partition coefficient (Wildman–Crippen LogP) is 1.55. The van der Waals surface area contributed by atoms with Gasteiger partial charge in [0.2, 0.25) is 0 Å². The van der Waals surface area contributed by atoms with Crippen LogP contribution in [-0.2, 0) is 14.4 Å². The number of allylic oxidation sites excluding steroid dienone is 1. The molecule has 0 spiro atoms. The Balaban J connectivity index is 0. The molecule has 0 bridgehead atoms. The summed E-state index contributed by atoms with van der Waals surface area (Å²) in [5, 5.41) is 24.5. The third-order valence-electron chi connectivity index (χ3n) is 1.72. The van der Waals surface area contributed by atoms with E-state index in [4.69, 9.17) is 15.3 Å². The maximum absolute atomic E-state index is 10.3. The predicted molar refractivity (Wildman–Crippen MR) is 65.2 cm³/mol. The van der Waals surface area contributed by atoms with Gasteiger partial charge in [-0.15, -0.1) is 0 Å². The summed E-state index contributed by atoms with van der Waals surface area (Å²) in [4.78, 5) is 29.9. The maximum Gasteiger partial charge on any atom is 0.331 e. The van der Waals surface area contributed by atoms with Crippen molar-refractivity contribution in [1.82, 2.24) is 0 Å². The molecule has 6 heteroatoms. The van der Waals surface area contributed by atoms with Gasteiger partial charge in [-0.3, -0.25) is 0 Å². The minimum atomic E-state index is -1.11. The average Bonchev–Trinajstić information content (AvgIpc) is 2.25. The molecule has 1 unspecified atom stereocenters. The lowest BCUT2D eigenvalue weighted by Gasteiger charge is -2.03. The molecule has 0 fully saturated rings. The highest BCUT2D eigenvalue weighted by Crippen LogP contribution is 2.09. The second-order valence-corrected chi connectivity index (χ2v) is 3.40. The summed E-state index contributed by atoms with van der Waals surface area (Å²) in [6.45, 7) is 9.46. The Labute approximate surface area is 105 Å². The van der Waals surface area contributed by atoms with Crippen LogP contribution in [0.4, 0.5) is 0 Å². The number of carbonyl (C=O) groups is 3. The molecule has 0 aliphatic carbocycles. The lowest BCUT2D eigenvalue weighted by Crippen LogP contribution is -2.06. The van der Waals surface area contributed by atoms with E-state index in [0.717, 1.165) is 6.08 Å². The molecule has 6 nitrogen and oxygen atoms in total. The molecule has 0 heterocycles. The van der Waals surface area contributed by atoms with Crippen LogP contribution in [0.3, 0.4) is 0 Å². The highest BCUT2D eigenvalue weighted by atomic mass is 16.4. The number of hydrogen-bond acceptors (Lipinski definition) is 3. The van der Waals surface area contributed by atoms with E-state index in [1.165, 1.54) is 13.0 Å². The zero-order valence-corrected chi connectivity index (χ0v) is 10.2. The van der Waals surface area contributed by atoms with Crippen molar-refractivity contribution in [2.45, 2.75) is 13.8 Å². The van der Waals surface area contributed by atoms with E-state index in [9.17, 15) is 14.4 Å². The van der Waals surface area contributed by atoms with E-state index < -0.39 is 23.8 Å². The third kappa shape index (κ3) is 10.2. The zero-order valence-electron chi connectivity index (χ0n) is 10.2. The fraction of sp³-hybridized carbons (Fsp3) is 0.250. The summed E-state index contributed by atoms with van der Waals surface area (Å²) >= 11 is 0. The Hall–Kier alpha value is -2.37. The first-order valence-electron chi connectivity index (χ1n) is 4.81.